The maximum absolute atomic E-state index is 10.1. The maximum atomic E-state index is 10.1. The monoisotopic (exact) mass is 256 g/mol. The number of hydrogen-bond acceptors (Lipinski definition) is 4. The van der Waals surface area contributed by atoms with Crippen LogP contribution in [0.2, 0.25) is 0 Å². The molecule has 3 atom stereocenters. The summed E-state index contributed by atoms with van der Waals surface area (Å²) in [6, 6.07) is 0.520. The van der Waals surface area contributed by atoms with Gasteiger partial charge in [0.25, 0.3) is 0 Å². The third-order valence-corrected chi connectivity index (χ3v) is 4.23. The fourth-order valence-corrected chi connectivity index (χ4v) is 3.16. The van der Waals surface area contributed by atoms with Crippen molar-refractivity contribution in [2.24, 2.45) is 11.8 Å². The van der Waals surface area contributed by atoms with E-state index in [4.69, 9.17) is 5.11 Å². The second-order valence-electron chi connectivity index (χ2n) is 6.19. The second kappa shape index (κ2) is 6.85. The summed E-state index contributed by atoms with van der Waals surface area (Å²) in [6.07, 6.45) is 5.34. The molecule has 0 spiro atoms. The zero-order valence-corrected chi connectivity index (χ0v) is 11.5. The minimum atomic E-state index is -0.0698. The molecule has 3 unspecified atom stereocenters. The average molecular weight is 256 g/mol. The van der Waals surface area contributed by atoms with Crippen LogP contribution in [0.15, 0.2) is 0 Å². The van der Waals surface area contributed by atoms with E-state index >= 15 is 0 Å². The van der Waals surface area contributed by atoms with Crippen LogP contribution in [0.4, 0.5) is 0 Å². The Morgan fingerprint density at radius 1 is 1.33 bits per heavy atom. The molecule has 3 N–H and O–H groups in total. The quantitative estimate of drug-likeness (QED) is 0.579. The van der Waals surface area contributed by atoms with E-state index in [-0.39, 0.29) is 12.7 Å². The van der Waals surface area contributed by atoms with Crippen LogP contribution in [0, 0.1) is 11.8 Å². The fourth-order valence-electron chi connectivity index (χ4n) is 3.16. The van der Waals surface area contributed by atoms with Gasteiger partial charge in [-0.25, -0.2) is 0 Å². The lowest BCUT2D eigenvalue weighted by molar-refractivity contribution is 0.0836. The summed E-state index contributed by atoms with van der Waals surface area (Å²) < 4.78 is 0. The van der Waals surface area contributed by atoms with Crippen LogP contribution in [0.5, 0.6) is 0 Å². The molecule has 2 rings (SSSR count). The highest BCUT2D eigenvalue weighted by Gasteiger charge is 2.33. The minimum Gasteiger partial charge on any atom is -0.396 e. The Kier molecular flexibility index (Phi) is 5.42. The first kappa shape index (κ1) is 14.3. The lowest BCUT2D eigenvalue weighted by Crippen LogP contribution is -2.48. The first-order chi connectivity index (χ1) is 8.69. The highest BCUT2D eigenvalue weighted by Crippen LogP contribution is 2.36. The molecule has 1 saturated heterocycles. The summed E-state index contributed by atoms with van der Waals surface area (Å²) in [7, 11) is 2.16. The number of likely N-dealkylation sites (tertiary alicyclic amines) is 1. The molecule has 0 bridgehead atoms. The molecular weight excluding hydrogens is 228 g/mol. The molecule has 1 aliphatic heterocycles. The molecule has 0 amide bonds. The zero-order valence-electron chi connectivity index (χ0n) is 11.5. The number of rotatable bonds is 7. The van der Waals surface area contributed by atoms with E-state index in [0.29, 0.717) is 17.9 Å². The largest absolute Gasteiger partial charge is 0.396 e. The van der Waals surface area contributed by atoms with E-state index in [2.05, 4.69) is 17.3 Å². The Morgan fingerprint density at radius 3 is 2.78 bits per heavy atom. The van der Waals surface area contributed by atoms with E-state index in [9.17, 15) is 5.11 Å². The molecule has 4 heteroatoms. The van der Waals surface area contributed by atoms with Crippen molar-refractivity contribution >= 4 is 0 Å². The number of piperidine rings is 1. The van der Waals surface area contributed by atoms with Gasteiger partial charge in [0.05, 0.1) is 6.10 Å². The first-order valence-electron chi connectivity index (χ1n) is 7.40. The molecule has 106 valence electrons. The molecule has 0 aromatic rings. The van der Waals surface area contributed by atoms with Gasteiger partial charge in [0.1, 0.15) is 0 Å². The van der Waals surface area contributed by atoms with E-state index in [0.717, 1.165) is 32.5 Å². The third kappa shape index (κ3) is 4.50. The summed E-state index contributed by atoms with van der Waals surface area (Å²) in [5, 5.41) is 22.4. The van der Waals surface area contributed by atoms with Gasteiger partial charge in [0.2, 0.25) is 0 Å². The summed E-state index contributed by atoms with van der Waals surface area (Å²) in [4.78, 5) is 2.37. The van der Waals surface area contributed by atoms with Crippen molar-refractivity contribution < 1.29 is 10.2 Å². The predicted molar refractivity (Wildman–Crippen MR) is 72.4 cm³/mol. The minimum absolute atomic E-state index is 0.0698. The van der Waals surface area contributed by atoms with E-state index in [1.165, 1.54) is 19.3 Å². The molecule has 0 radical (unpaired) electrons. The van der Waals surface area contributed by atoms with Gasteiger partial charge in [-0.2, -0.15) is 0 Å². The third-order valence-electron chi connectivity index (χ3n) is 4.23. The molecule has 1 heterocycles. The zero-order chi connectivity index (χ0) is 13.0. The maximum Gasteiger partial charge on any atom is 0.0571 e. The normalized spacial score (nSPS) is 31.5. The van der Waals surface area contributed by atoms with Crippen LogP contribution in [0.1, 0.15) is 32.1 Å². The summed E-state index contributed by atoms with van der Waals surface area (Å²) in [5.74, 6) is 1.21. The van der Waals surface area contributed by atoms with Gasteiger partial charge in [0, 0.05) is 25.7 Å². The van der Waals surface area contributed by atoms with Gasteiger partial charge >= 0.3 is 0 Å². The fraction of sp³-hybridized carbons (Fsp3) is 1.00. The predicted octanol–water partition coefficient (Wildman–Crippen LogP) is 0.440. The van der Waals surface area contributed by atoms with Crippen LogP contribution < -0.4 is 5.32 Å². The molecule has 18 heavy (non-hydrogen) atoms. The molecular formula is C14H28N2O2. The first-order valence-corrected chi connectivity index (χ1v) is 7.40. The van der Waals surface area contributed by atoms with Gasteiger partial charge in [0.15, 0.2) is 0 Å². The Morgan fingerprint density at radius 2 is 2.11 bits per heavy atom. The van der Waals surface area contributed by atoms with Crippen molar-refractivity contribution in [2.45, 2.75) is 44.2 Å². The van der Waals surface area contributed by atoms with Crippen molar-refractivity contribution in [3.63, 3.8) is 0 Å². The van der Waals surface area contributed by atoms with Crippen molar-refractivity contribution in [1.29, 1.82) is 0 Å². The Labute approximate surface area is 110 Å². The number of likely N-dealkylation sites (N-methyl/N-ethyl adjacent to an activating group) is 1. The topological polar surface area (TPSA) is 55.7 Å². The number of aliphatic hydroxyl groups is 2. The van der Waals surface area contributed by atoms with Crippen molar-refractivity contribution in [3.05, 3.63) is 0 Å². The highest BCUT2D eigenvalue weighted by molar-refractivity contribution is 4.87. The van der Waals surface area contributed by atoms with Gasteiger partial charge in [-0.05, 0) is 57.5 Å². The number of nitrogens with one attached hydrogen (secondary N) is 1. The number of aliphatic hydroxyl groups excluding tert-OH is 2. The van der Waals surface area contributed by atoms with E-state index in [1.54, 1.807) is 0 Å². The average Bonchev–Trinajstić information content (AvgIpc) is 3.12. The Bertz CT molecular complexity index is 246. The molecule has 0 aromatic heterocycles. The Balaban J connectivity index is 1.72. The van der Waals surface area contributed by atoms with E-state index < -0.39 is 0 Å². The van der Waals surface area contributed by atoms with Crippen LogP contribution >= 0.6 is 0 Å². The van der Waals surface area contributed by atoms with Crippen molar-refractivity contribution in [3.8, 4) is 0 Å². The van der Waals surface area contributed by atoms with Crippen molar-refractivity contribution in [2.75, 3.05) is 33.3 Å². The van der Waals surface area contributed by atoms with Crippen molar-refractivity contribution in [1.82, 2.24) is 10.2 Å². The Hall–Kier alpha value is -0.160. The molecule has 2 fully saturated rings. The van der Waals surface area contributed by atoms with E-state index in [1.807, 2.05) is 0 Å². The van der Waals surface area contributed by atoms with Gasteiger partial charge in [-0.3, -0.25) is 0 Å². The molecule has 4 nitrogen and oxygen atoms in total. The molecule has 1 aliphatic carbocycles. The van der Waals surface area contributed by atoms with Crippen LogP contribution in [-0.4, -0.2) is 60.5 Å². The van der Waals surface area contributed by atoms with Crippen LogP contribution in [0.3, 0.4) is 0 Å². The smallest absolute Gasteiger partial charge is 0.0571 e. The standard InChI is InChI=1S/C14H28N2O2/c1-16-9-11(8-14(18)12-3-4-12)7-13(10-16)15-5-2-6-17/h11-15,17-18H,2-10H2,1H3. The highest BCUT2D eigenvalue weighted by atomic mass is 16.3. The molecule has 0 aromatic carbocycles. The van der Waals surface area contributed by atoms with Crippen LogP contribution in [-0.2, 0) is 0 Å². The lowest BCUT2D eigenvalue weighted by atomic mass is 9.88. The SMILES string of the molecule is CN1CC(CC(O)C2CC2)CC(NCCCO)C1. The lowest BCUT2D eigenvalue weighted by Gasteiger charge is -2.37. The number of hydrogen-bond donors (Lipinski definition) is 3. The summed E-state index contributed by atoms with van der Waals surface area (Å²) in [5.41, 5.74) is 0. The molecule has 2 aliphatic rings. The van der Waals surface area contributed by atoms with Crippen LogP contribution in [0.25, 0.3) is 0 Å². The molecule has 1 saturated carbocycles. The second-order valence-corrected chi connectivity index (χ2v) is 6.19. The van der Waals surface area contributed by atoms with Gasteiger partial charge < -0.3 is 20.4 Å². The number of nitrogens with zero attached hydrogens (tertiary/aromatic N) is 1. The summed E-state index contributed by atoms with van der Waals surface area (Å²) in [6.45, 7) is 3.36. The van der Waals surface area contributed by atoms with Gasteiger partial charge in [-0.15, -0.1) is 0 Å². The summed E-state index contributed by atoms with van der Waals surface area (Å²) >= 11 is 0. The van der Waals surface area contributed by atoms with Gasteiger partial charge in [-0.1, -0.05) is 0 Å².